The second-order valence-corrected chi connectivity index (χ2v) is 3.50. The van der Waals surface area contributed by atoms with Crippen molar-refractivity contribution in [3.8, 4) is 5.13 Å². The molecule has 2 rings (SSSR count). The van der Waals surface area contributed by atoms with E-state index in [9.17, 15) is 4.79 Å². The molecule has 0 aliphatic rings. The van der Waals surface area contributed by atoms with Crippen molar-refractivity contribution in [3.05, 3.63) is 35.6 Å². The van der Waals surface area contributed by atoms with Crippen LogP contribution < -0.4 is 0 Å². The van der Waals surface area contributed by atoms with Crippen LogP contribution in [0.4, 0.5) is 0 Å². The van der Waals surface area contributed by atoms with Crippen molar-refractivity contribution in [1.29, 1.82) is 0 Å². The summed E-state index contributed by atoms with van der Waals surface area (Å²) in [5, 5.41) is 2.60. The molecule has 13 heavy (non-hydrogen) atoms. The predicted octanol–water partition coefficient (Wildman–Crippen LogP) is 2.14. The molecule has 0 aliphatic carbocycles. The van der Waals surface area contributed by atoms with Crippen molar-refractivity contribution in [3.63, 3.8) is 0 Å². The van der Waals surface area contributed by atoms with Crippen molar-refractivity contribution in [2.75, 3.05) is 0 Å². The molecule has 2 aromatic heterocycles. The van der Waals surface area contributed by atoms with E-state index in [0.717, 1.165) is 5.13 Å². The summed E-state index contributed by atoms with van der Waals surface area (Å²) < 4.78 is 1.89. The van der Waals surface area contributed by atoms with Gasteiger partial charge in [-0.2, -0.15) is 0 Å². The van der Waals surface area contributed by atoms with Crippen molar-refractivity contribution >= 4 is 17.1 Å². The minimum atomic E-state index is 0.00894. The second-order valence-electron chi connectivity index (χ2n) is 2.66. The fourth-order valence-corrected chi connectivity index (χ4v) is 1.84. The molecular formula is C9H8N2OS. The average Bonchev–Trinajstić information content (AvgIpc) is 2.75. The van der Waals surface area contributed by atoms with Crippen LogP contribution in [0.5, 0.6) is 0 Å². The first-order chi connectivity index (χ1) is 6.27. The third-order valence-corrected chi connectivity index (χ3v) is 2.53. The maximum atomic E-state index is 11.0. The number of aromatic nitrogens is 2. The average molecular weight is 192 g/mol. The molecule has 0 atom stereocenters. The molecule has 4 heteroatoms. The molecule has 0 spiro atoms. The predicted molar refractivity (Wildman–Crippen MR) is 51.4 cm³/mol. The van der Waals surface area contributed by atoms with Crippen LogP contribution in [0.3, 0.4) is 0 Å². The van der Waals surface area contributed by atoms with Crippen LogP contribution in [0.2, 0.25) is 0 Å². The van der Waals surface area contributed by atoms with Gasteiger partial charge >= 0.3 is 0 Å². The third kappa shape index (κ3) is 1.53. The Balaban J connectivity index is 2.39. The van der Waals surface area contributed by atoms with Gasteiger partial charge in [0.25, 0.3) is 0 Å². The van der Waals surface area contributed by atoms with Gasteiger partial charge in [0, 0.05) is 24.7 Å². The van der Waals surface area contributed by atoms with Crippen molar-refractivity contribution in [2.45, 2.75) is 6.92 Å². The first-order valence-corrected chi connectivity index (χ1v) is 4.75. The molecule has 0 saturated carbocycles. The number of ketones is 1. The third-order valence-electron chi connectivity index (χ3n) is 1.68. The molecule has 0 aromatic carbocycles. The normalized spacial score (nSPS) is 10.2. The standard InChI is InChI=1S/C9H8N2OS/c1-7(12)8-6-13-9(10-8)11-4-2-3-5-11/h2-6H,1H3. The summed E-state index contributed by atoms with van der Waals surface area (Å²) in [7, 11) is 0. The van der Waals surface area contributed by atoms with Gasteiger partial charge in [-0.3, -0.25) is 4.79 Å². The quantitative estimate of drug-likeness (QED) is 0.683. The van der Waals surface area contributed by atoms with Crippen molar-refractivity contribution < 1.29 is 4.79 Å². The SMILES string of the molecule is CC(=O)c1csc(-n2cccc2)n1. The summed E-state index contributed by atoms with van der Waals surface area (Å²) in [6.07, 6.45) is 3.81. The van der Waals surface area contributed by atoms with E-state index in [2.05, 4.69) is 4.98 Å². The van der Waals surface area contributed by atoms with Crippen molar-refractivity contribution in [2.24, 2.45) is 0 Å². The van der Waals surface area contributed by atoms with Crippen LogP contribution in [-0.4, -0.2) is 15.3 Å². The first-order valence-electron chi connectivity index (χ1n) is 3.87. The highest BCUT2D eigenvalue weighted by Gasteiger charge is 2.05. The summed E-state index contributed by atoms with van der Waals surface area (Å²) in [5.74, 6) is 0.00894. The van der Waals surface area contributed by atoms with E-state index in [-0.39, 0.29) is 5.78 Å². The fraction of sp³-hybridized carbons (Fsp3) is 0.111. The molecular weight excluding hydrogens is 184 g/mol. The second kappa shape index (κ2) is 3.14. The molecule has 2 heterocycles. The van der Waals surface area contributed by atoms with Gasteiger partial charge in [-0.05, 0) is 12.1 Å². The molecule has 66 valence electrons. The Morgan fingerprint density at radius 1 is 1.46 bits per heavy atom. The highest BCUT2D eigenvalue weighted by Crippen LogP contribution is 2.14. The minimum absolute atomic E-state index is 0.00894. The van der Waals surface area contributed by atoms with Crippen molar-refractivity contribution in [1.82, 2.24) is 9.55 Å². The van der Waals surface area contributed by atoms with Gasteiger partial charge in [-0.1, -0.05) is 0 Å². The van der Waals surface area contributed by atoms with E-state index in [4.69, 9.17) is 0 Å². The van der Waals surface area contributed by atoms with Gasteiger partial charge in [-0.15, -0.1) is 11.3 Å². The van der Waals surface area contributed by atoms with Crippen LogP contribution >= 0.6 is 11.3 Å². The minimum Gasteiger partial charge on any atom is -0.300 e. The Morgan fingerprint density at radius 2 is 2.15 bits per heavy atom. The highest BCUT2D eigenvalue weighted by atomic mass is 32.1. The Hall–Kier alpha value is -1.42. The number of hydrogen-bond acceptors (Lipinski definition) is 3. The van der Waals surface area contributed by atoms with Gasteiger partial charge < -0.3 is 4.57 Å². The molecule has 0 fully saturated rings. The number of carbonyl (C=O) groups is 1. The number of thiazole rings is 1. The Bertz CT molecular complexity index is 417. The lowest BCUT2D eigenvalue weighted by molar-refractivity contribution is 0.101. The van der Waals surface area contributed by atoms with Crippen LogP contribution in [0.25, 0.3) is 5.13 Å². The zero-order valence-electron chi connectivity index (χ0n) is 7.10. The van der Waals surface area contributed by atoms with Gasteiger partial charge in [0.15, 0.2) is 10.9 Å². The Kier molecular flexibility index (Phi) is 1.98. The van der Waals surface area contributed by atoms with E-state index in [1.54, 1.807) is 5.38 Å². The summed E-state index contributed by atoms with van der Waals surface area (Å²) in [6, 6.07) is 3.85. The highest BCUT2D eigenvalue weighted by molar-refractivity contribution is 7.12. The monoisotopic (exact) mass is 192 g/mol. The van der Waals surface area contributed by atoms with Crippen LogP contribution in [0.1, 0.15) is 17.4 Å². The topological polar surface area (TPSA) is 34.9 Å². The molecule has 0 saturated heterocycles. The van der Waals surface area contributed by atoms with E-state index in [1.807, 2.05) is 29.1 Å². The first kappa shape index (κ1) is 8.19. The molecule has 0 unspecified atom stereocenters. The van der Waals surface area contributed by atoms with Gasteiger partial charge in [0.05, 0.1) is 0 Å². The summed E-state index contributed by atoms with van der Waals surface area (Å²) in [5.41, 5.74) is 0.536. The van der Waals surface area contributed by atoms with E-state index in [0.29, 0.717) is 5.69 Å². The molecule has 0 N–H and O–H groups in total. The fourth-order valence-electron chi connectivity index (χ4n) is 1.01. The van der Waals surface area contributed by atoms with Gasteiger partial charge in [-0.25, -0.2) is 4.98 Å². The largest absolute Gasteiger partial charge is 0.300 e. The Labute approximate surface area is 79.7 Å². The molecule has 2 aromatic rings. The molecule has 0 amide bonds. The zero-order chi connectivity index (χ0) is 9.26. The maximum Gasteiger partial charge on any atom is 0.194 e. The smallest absolute Gasteiger partial charge is 0.194 e. The summed E-state index contributed by atoms with van der Waals surface area (Å²) >= 11 is 1.47. The summed E-state index contributed by atoms with van der Waals surface area (Å²) in [6.45, 7) is 1.52. The Morgan fingerprint density at radius 3 is 2.69 bits per heavy atom. The molecule has 0 bridgehead atoms. The lowest BCUT2D eigenvalue weighted by Crippen LogP contribution is -1.94. The number of rotatable bonds is 2. The van der Waals surface area contributed by atoms with Crippen LogP contribution in [0, 0.1) is 0 Å². The van der Waals surface area contributed by atoms with Gasteiger partial charge in [0.1, 0.15) is 5.69 Å². The number of nitrogens with zero attached hydrogens (tertiary/aromatic N) is 2. The number of hydrogen-bond donors (Lipinski definition) is 0. The van der Waals surface area contributed by atoms with Gasteiger partial charge in [0.2, 0.25) is 0 Å². The molecule has 0 radical (unpaired) electrons. The van der Waals surface area contributed by atoms with Crippen LogP contribution in [-0.2, 0) is 0 Å². The van der Waals surface area contributed by atoms with E-state index in [1.165, 1.54) is 18.3 Å². The molecule has 0 aliphatic heterocycles. The van der Waals surface area contributed by atoms with E-state index >= 15 is 0 Å². The number of Topliss-reactive ketones (excluding diaryl/α,β-unsaturated/α-hetero) is 1. The summed E-state index contributed by atoms with van der Waals surface area (Å²) in [4.78, 5) is 15.1. The maximum absolute atomic E-state index is 11.0. The molecule has 3 nitrogen and oxygen atoms in total. The zero-order valence-corrected chi connectivity index (χ0v) is 7.91. The lowest BCUT2D eigenvalue weighted by Gasteiger charge is -1.93. The lowest BCUT2D eigenvalue weighted by atomic mass is 10.4. The number of carbonyl (C=O) groups excluding carboxylic acids is 1. The van der Waals surface area contributed by atoms with Crippen LogP contribution in [0.15, 0.2) is 29.9 Å². The van der Waals surface area contributed by atoms with E-state index < -0.39 is 0 Å².